The average molecular weight is 548 g/mol. The monoisotopic (exact) mass is 547 g/mol. The minimum atomic E-state index is -1.17. The first-order chi connectivity index (χ1) is 17.6. The molecule has 0 saturated heterocycles. The van der Waals surface area contributed by atoms with E-state index in [1.807, 2.05) is 6.07 Å². The molecular formula is C25H20Cl2FN3O6. The molecule has 2 aromatic carbocycles. The van der Waals surface area contributed by atoms with Gasteiger partial charge in [0, 0.05) is 0 Å². The number of carbonyl (C=O) groups excluding carboxylic acids is 3. The van der Waals surface area contributed by atoms with Crippen molar-refractivity contribution in [2.75, 3.05) is 25.7 Å². The van der Waals surface area contributed by atoms with E-state index >= 15 is 0 Å². The van der Waals surface area contributed by atoms with E-state index < -0.39 is 62.5 Å². The third-order valence-electron chi connectivity index (χ3n) is 5.46. The first-order valence-electron chi connectivity index (χ1n) is 10.6. The van der Waals surface area contributed by atoms with Crippen LogP contribution >= 0.6 is 23.2 Å². The smallest absolute Gasteiger partial charge is 0.355 e. The van der Waals surface area contributed by atoms with Crippen molar-refractivity contribution in [3.05, 3.63) is 86.1 Å². The Labute approximate surface area is 221 Å². The summed E-state index contributed by atoms with van der Waals surface area (Å²) in [5, 5.41) is 9.00. The lowest BCUT2D eigenvalue weighted by atomic mass is 9.81. The molecule has 0 fully saturated rings. The fraction of sp³-hybridized carbons (Fsp3) is 0.200. The summed E-state index contributed by atoms with van der Waals surface area (Å²) in [6, 6.07) is 11.0. The number of benzene rings is 2. The molecule has 1 aliphatic heterocycles. The molecule has 0 aromatic heterocycles. The van der Waals surface area contributed by atoms with Crippen molar-refractivity contribution in [3.8, 4) is 6.07 Å². The van der Waals surface area contributed by atoms with Crippen molar-refractivity contribution in [1.29, 1.82) is 5.26 Å². The highest BCUT2D eigenvalue weighted by Gasteiger charge is 2.44. The second kappa shape index (κ2) is 11.3. The van der Waals surface area contributed by atoms with Crippen molar-refractivity contribution in [3.63, 3.8) is 0 Å². The Balaban J connectivity index is 2.51. The van der Waals surface area contributed by atoms with E-state index in [1.54, 1.807) is 30.3 Å². The number of carbonyl (C=O) groups is 3. The second-order valence-corrected chi connectivity index (χ2v) is 8.19. The maximum absolute atomic E-state index is 15.0. The Morgan fingerprint density at radius 2 is 1.70 bits per heavy atom. The van der Waals surface area contributed by atoms with E-state index in [0.717, 1.165) is 25.2 Å². The number of methoxy groups -OCH3 is 2. The van der Waals surface area contributed by atoms with E-state index in [2.05, 4.69) is 0 Å². The molecule has 9 nitrogen and oxygen atoms in total. The van der Waals surface area contributed by atoms with Crippen LogP contribution in [-0.2, 0) is 23.8 Å². The van der Waals surface area contributed by atoms with Crippen LogP contribution in [0, 0.1) is 17.1 Å². The van der Waals surface area contributed by atoms with Crippen LogP contribution in [0.4, 0.5) is 10.1 Å². The van der Waals surface area contributed by atoms with Crippen LogP contribution < -0.4 is 10.6 Å². The molecule has 12 heteroatoms. The maximum Gasteiger partial charge on any atom is 0.355 e. The summed E-state index contributed by atoms with van der Waals surface area (Å²) in [6.07, 6.45) is 0. The van der Waals surface area contributed by atoms with E-state index in [4.69, 9.17) is 43.1 Å². The number of hydrogen-bond donors (Lipinski definition) is 1. The van der Waals surface area contributed by atoms with Gasteiger partial charge in [0.1, 0.15) is 22.4 Å². The van der Waals surface area contributed by atoms with E-state index in [9.17, 15) is 24.0 Å². The third kappa shape index (κ3) is 4.83. The predicted molar refractivity (Wildman–Crippen MR) is 132 cm³/mol. The molecule has 1 aliphatic rings. The minimum absolute atomic E-state index is 0.0440. The van der Waals surface area contributed by atoms with Crippen LogP contribution in [0.1, 0.15) is 28.8 Å². The molecule has 0 amide bonds. The summed E-state index contributed by atoms with van der Waals surface area (Å²) in [6.45, 7) is 1.49. The molecule has 0 spiro atoms. The molecule has 2 aromatic rings. The van der Waals surface area contributed by atoms with Crippen molar-refractivity contribution in [1.82, 2.24) is 0 Å². The standard InChI is InChI=1S/C25H20Cl2FN3O6/c1-4-37-23(32)13-10-15(28)19(27)21(18(13)26)31-20(25(34)36-3)17(24(33)35-2)16(14(11-29)22(31)30)12-8-6-5-7-9-12/h5-10,16H,4,30H2,1-3H3. The number of anilines is 1. The maximum atomic E-state index is 15.0. The highest BCUT2D eigenvalue weighted by Crippen LogP contribution is 2.48. The van der Waals surface area contributed by atoms with E-state index in [-0.39, 0.29) is 17.8 Å². The summed E-state index contributed by atoms with van der Waals surface area (Å²) in [7, 11) is 2.11. The van der Waals surface area contributed by atoms with Gasteiger partial charge >= 0.3 is 17.9 Å². The molecule has 1 heterocycles. The third-order valence-corrected chi connectivity index (χ3v) is 6.20. The number of rotatable bonds is 6. The first kappa shape index (κ1) is 27.5. The quantitative estimate of drug-likeness (QED) is 0.320. The number of esters is 3. The SMILES string of the molecule is CCOC(=O)c1cc(F)c(Cl)c(N2C(N)=C(C#N)C(c3ccccc3)C(C(=O)OC)=C2C(=O)OC)c1Cl. The van der Waals surface area contributed by atoms with Gasteiger partial charge in [0.15, 0.2) is 0 Å². The summed E-state index contributed by atoms with van der Waals surface area (Å²) < 4.78 is 29.8. The van der Waals surface area contributed by atoms with Gasteiger partial charge in [-0.1, -0.05) is 53.5 Å². The molecule has 192 valence electrons. The van der Waals surface area contributed by atoms with Gasteiger partial charge in [0.05, 0.1) is 60.2 Å². The number of allylic oxidation sites excluding steroid dienone is 1. The summed E-state index contributed by atoms with van der Waals surface area (Å²) in [4.78, 5) is 39.6. The molecule has 1 unspecified atom stereocenters. The Morgan fingerprint density at radius 3 is 2.24 bits per heavy atom. The Kier molecular flexibility index (Phi) is 8.42. The van der Waals surface area contributed by atoms with Gasteiger partial charge in [-0.2, -0.15) is 5.26 Å². The molecular weight excluding hydrogens is 528 g/mol. The number of ether oxygens (including phenoxy) is 3. The van der Waals surface area contributed by atoms with Crippen LogP contribution in [0.5, 0.6) is 0 Å². The van der Waals surface area contributed by atoms with E-state index in [0.29, 0.717) is 5.56 Å². The zero-order chi connectivity index (χ0) is 27.4. The van der Waals surface area contributed by atoms with Gasteiger partial charge in [0.25, 0.3) is 0 Å². The number of hydrogen-bond acceptors (Lipinski definition) is 9. The number of nitrogens with zero attached hydrogens (tertiary/aromatic N) is 2. The highest BCUT2D eigenvalue weighted by atomic mass is 35.5. The molecule has 2 N–H and O–H groups in total. The summed E-state index contributed by atoms with van der Waals surface area (Å²) in [5.41, 5.74) is 4.81. The Bertz CT molecular complexity index is 1390. The zero-order valence-electron chi connectivity index (χ0n) is 19.8. The molecule has 0 saturated carbocycles. The minimum Gasteiger partial charge on any atom is -0.466 e. The van der Waals surface area contributed by atoms with Gasteiger partial charge in [-0.3, -0.25) is 4.90 Å². The number of halogens is 3. The van der Waals surface area contributed by atoms with Crippen LogP contribution in [0.2, 0.25) is 10.0 Å². The molecule has 1 atom stereocenters. The van der Waals surface area contributed by atoms with Crippen LogP contribution in [-0.4, -0.2) is 38.7 Å². The fourth-order valence-corrected chi connectivity index (χ4v) is 4.48. The van der Waals surface area contributed by atoms with Crippen LogP contribution in [0.3, 0.4) is 0 Å². The topological polar surface area (TPSA) is 132 Å². The molecule has 0 bridgehead atoms. The first-order valence-corrected chi connectivity index (χ1v) is 11.4. The summed E-state index contributed by atoms with van der Waals surface area (Å²) in [5.74, 6) is -5.77. The zero-order valence-corrected chi connectivity index (χ0v) is 21.3. The van der Waals surface area contributed by atoms with Crippen molar-refractivity contribution in [2.24, 2.45) is 5.73 Å². The molecule has 0 radical (unpaired) electrons. The normalized spacial score (nSPS) is 15.3. The Morgan fingerprint density at radius 1 is 1.08 bits per heavy atom. The molecule has 3 rings (SSSR count). The van der Waals surface area contributed by atoms with Gasteiger partial charge in [0.2, 0.25) is 0 Å². The van der Waals surface area contributed by atoms with Gasteiger partial charge < -0.3 is 19.9 Å². The van der Waals surface area contributed by atoms with Gasteiger partial charge in [-0.25, -0.2) is 18.8 Å². The van der Waals surface area contributed by atoms with E-state index in [1.165, 1.54) is 6.92 Å². The second-order valence-electron chi connectivity index (χ2n) is 7.44. The summed E-state index contributed by atoms with van der Waals surface area (Å²) >= 11 is 12.8. The van der Waals surface area contributed by atoms with Crippen molar-refractivity contribution < 1.29 is 33.0 Å². The predicted octanol–water partition coefficient (Wildman–Crippen LogP) is 4.21. The van der Waals surface area contributed by atoms with Gasteiger partial charge in [-0.05, 0) is 18.6 Å². The molecule has 37 heavy (non-hydrogen) atoms. The van der Waals surface area contributed by atoms with Crippen molar-refractivity contribution in [2.45, 2.75) is 12.8 Å². The largest absolute Gasteiger partial charge is 0.466 e. The average Bonchev–Trinajstić information content (AvgIpc) is 2.90. The fourth-order valence-electron chi connectivity index (χ4n) is 3.89. The Hall–Kier alpha value is -4.07. The van der Waals surface area contributed by atoms with Crippen LogP contribution in [0.15, 0.2) is 59.1 Å². The lowest BCUT2D eigenvalue weighted by molar-refractivity contribution is -0.139. The van der Waals surface area contributed by atoms with Gasteiger partial charge in [-0.15, -0.1) is 0 Å². The van der Waals surface area contributed by atoms with Crippen LogP contribution in [0.25, 0.3) is 0 Å². The lowest BCUT2D eigenvalue weighted by Gasteiger charge is -2.36. The highest BCUT2D eigenvalue weighted by molar-refractivity contribution is 6.41. The van der Waals surface area contributed by atoms with Crippen molar-refractivity contribution >= 4 is 46.8 Å². The lowest BCUT2D eigenvalue weighted by Crippen LogP contribution is -2.41. The number of nitriles is 1. The number of nitrogens with two attached hydrogens (primary N) is 1. The molecule has 0 aliphatic carbocycles.